The molecule has 0 saturated carbocycles. The fourth-order valence-corrected chi connectivity index (χ4v) is 2.34. The molecule has 5 nitrogen and oxygen atoms in total. The summed E-state index contributed by atoms with van der Waals surface area (Å²) in [6.07, 6.45) is 5.06. The number of ether oxygens (including phenoxy) is 2. The Morgan fingerprint density at radius 3 is 2.53 bits per heavy atom. The number of hydrogen-bond acceptors (Lipinski definition) is 3. The first-order chi connectivity index (χ1) is 8.34. The Balaban J connectivity index is 1.48. The quantitative estimate of drug-likeness (QED) is 0.630. The number of nitrogens with one attached hydrogen (secondary N) is 1. The number of nitrogens with two attached hydrogens (primary N) is 1. The number of carbonyl (C=O) groups excluding carboxylic acids is 1. The highest BCUT2D eigenvalue weighted by molar-refractivity contribution is 5.76. The van der Waals surface area contributed by atoms with Crippen LogP contribution in [-0.4, -0.2) is 51.0 Å². The first kappa shape index (κ1) is 12.8. The average Bonchev–Trinajstić information content (AvgIpc) is 2.99. The first-order valence-electron chi connectivity index (χ1n) is 6.66. The van der Waals surface area contributed by atoms with Gasteiger partial charge in [-0.05, 0) is 25.7 Å². The SMILES string of the molecule is O=C(C[NH2+]C[C@H]1CCCO1)NC[C@@H]1CCCO1. The second-order valence-electron chi connectivity index (χ2n) is 4.80. The third-order valence-corrected chi connectivity index (χ3v) is 3.33. The van der Waals surface area contributed by atoms with E-state index >= 15 is 0 Å². The molecule has 0 aliphatic carbocycles. The fourth-order valence-electron chi connectivity index (χ4n) is 2.34. The Hall–Kier alpha value is -0.650. The first-order valence-corrected chi connectivity index (χ1v) is 6.66. The van der Waals surface area contributed by atoms with E-state index in [-0.39, 0.29) is 12.0 Å². The van der Waals surface area contributed by atoms with Gasteiger partial charge in [0.1, 0.15) is 12.6 Å². The number of quaternary nitrogens is 1. The lowest BCUT2D eigenvalue weighted by atomic mass is 10.2. The van der Waals surface area contributed by atoms with E-state index in [0.717, 1.165) is 45.4 Å². The maximum absolute atomic E-state index is 11.5. The summed E-state index contributed by atoms with van der Waals surface area (Å²) in [7, 11) is 0. The highest BCUT2D eigenvalue weighted by atomic mass is 16.5. The minimum atomic E-state index is 0.0958. The topological polar surface area (TPSA) is 64.2 Å². The summed E-state index contributed by atoms with van der Waals surface area (Å²) >= 11 is 0. The minimum absolute atomic E-state index is 0.0958. The lowest BCUT2D eigenvalue weighted by Gasteiger charge is -2.11. The number of hydrogen-bond donors (Lipinski definition) is 2. The third-order valence-electron chi connectivity index (χ3n) is 3.33. The van der Waals surface area contributed by atoms with Crippen molar-refractivity contribution in [2.24, 2.45) is 0 Å². The zero-order chi connectivity index (χ0) is 11.9. The van der Waals surface area contributed by atoms with Crippen LogP contribution in [0.4, 0.5) is 0 Å². The summed E-state index contributed by atoms with van der Waals surface area (Å²) in [6, 6.07) is 0. The normalized spacial score (nSPS) is 28.5. The Morgan fingerprint density at radius 1 is 1.18 bits per heavy atom. The van der Waals surface area contributed by atoms with E-state index in [2.05, 4.69) is 5.32 Å². The molecule has 2 fully saturated rings. The van der Waals surface area contributed by atoms with Crippen LogP contribution < -0.4 is 10.6 Å². The van der Waals surface area contributed by atoms with Crippen molar-refractivity contribution in [3.63, 3.8) is 0 Å². The molecular formula is C12H23N2O3+. The van der Waals surface area contributed by atoms with E-state index in [0.29, 0.717) is 19.2 Å². The summed E-state index contributed by atoms with van der Waals surface area (Å²) in [6.45, 7) is 3.77. The largest absolute Gasteiger partial charge is 0.376 e. The maximum Gasteiger partial charge on any atom is 0.275 e. The summed E-state index contributed by atoms with van der Waals surface area (Å²) in [5.41, 5.74) is 0. The number of rotatable bonds is 6. The molecule has 2 aliphatic heterocycles. The predicted molar refractivity (Wildman–Crippen MR) is 62.6 cm³/mol. The van der Waals surface area contributed by atoms with Gasteiger partial charge in [0.05, 0.1) is 6.10 Å². The van der Waals surface area contributed by atoms with Gasteiger partial charge in [-0.3, -0.25) is 4.79 Å². The molecule has 0 spiro atoms. The summed E-state index contributed by atoms with van der Waals surface area (Å²) in [5, 5.41) is 4.94. The fraction of sp³-hybridized carbons (Fsp3) is 0.917. The van der Waals surface area contributed by atoms with E-state index in [9.17, 15) is 4.79 Å². The molecule has 2 saturated heterocycles. The van der Waals surface area contributed by atoms with Gasteiger partial charge in [0.2, 0.25) is 0 Å². The monoisotopic (exact) mass is 243 g/mol. The Kier molecular flexibility index (Phi) is 5.22. The Bertz CT molecular complexity index is 236. The van der Waals surface area contributed by atoms with Crippen LogP contribution in [0.5, 0.6) is 0 Å². The van der Waals surface area contributed by atoms with Crippen molar-refractivity contribution >= 4 is 5.91 Å². The van der Waals surface area contributed by atoms with Crippen molar-refractivity contribution in [1.29, 1.82) is 0 Å². The van der Waals surface area contributed by atoms with Crippen LogP contribution in [0.1, 0.15) is 25.7 Å². The molecule has 0 bridgehead atoms. The van der Waals surface area contributed by atoms with Crippen LogP contribution in [-0.2, 0) is 14.3 Å². The van der Waals surface area contributed by atoms with Crippen LogP contribution in [0.15, 0.2) is 0 Å². The molecule has 2 aliphatic rings. The summed E-state index contributed by atoms with van der Waals surface area (Å²) in [5.74, 6) is 0.0958. The van der Waals surface area contributed by atoms with Gasteiger partial charge in [0, 0.05) is 19.8 Å². The molecule has 0 aromatic carbocycles. The summed E-state index contributed by atoms with van der Waals surface area (Å²) < 4.78 is 10.9. The van der Waals surface area contributed by atoms with Gasteiger partial charge < -0.3 is 20.1 Å². The van der Waals surface area contributed by atoms with Crippen molar-refractivity contribution < 1.29 is 19.6 Å². The summed E-state index contributed by atoms with van der Waals surface area (Å²) in [4.78, 5) is 11.5. The number of amides is 1. The van der Waals surface area contributed by atoms with Crippen molar-refractivity contribution in [3.8, 4) is 0 Å². The van der Waals surface area contributed by atoms with E-state index in [1.165, 1.54) is 0 Å². The Morgan fingerprint density at radius 2 is 1.88 bits per heavy atom. The molecule has 0 aromatic heterocycles. The molecular weight excluding hydrogens is 220 g/mol. The van der Waals surface area contributed by atoms with E-state index in [4.69, 9.17) is 9.47 Å². The number of carbonyl (C=O) groups is 1. The minimum Gasteiger partial charge on any atom is -0.376 e. The lowest BCUT2D eigenvalue weighted by Crippen LogP contribution is -2.88. The van der Waals surface area contributed by atoms with Crippen molar-refractivity contribution in [2.45, 2.75) is 37.9 Å². The van der Waals surface area contributed by atoms with Gasteiger partial charge >= 0.3 is 0 Å². The van der Waals surface area contributed by atoms with E-state index < -0.39 is 0 Å². The lowest BCUT2D eigenvalue weighted by molar-refractivity contribution is -0.650. The van der Waals surface area contributed by atoms with Crippen molar-refractivity contribution in [3.05, 3.63) is 0 Å². The molecule has 0 radical (unpaired) electrons. The molecule has 17 heavy (non-hydrogen) atoms. The van der Waals surface area contributed by atoms with Crippen molar-refractivity contribution in [1.82, 2.24) is 5.32 Å². The highest BCUT2D eigenvalue weighted by Gasteiger charge is 2.19. The van der Waals surface area contributed by atoms with Crippen LogP contribution in [0.2, 0.25) is 0 Å². The molecule has 3 N–H and O–H groups in total. The molecule has 1 amide bonds. The second-order valence-corrected chi connectivity index (χ2v) is 4.80. The maximum atomic E-state index is 11.5. The standard InChI is InChI=1S/C12H22N2O3/c15-12(14-8-11-4-2-6-17-11)9-13-7-10-3-1-5-16-10/h10-11,13H,1-9H2,(H,14,15)/p+1/t10-,11+/m1/s1. The molecule has 0 aromatic rings. The predicted octanol–water partition coefficient (Wildman–Crippen LogP) is -0.976. The van der Waals surface area contributed by atoms with Crippen LogP contribution in [0.3, 0.4) is 0 Å². The van der Waals surface area contributed by atoms with Crippen LogP contribution in [0, 0.1) is 0 Å². The molecule has 2 rings (SSSR count). The molecule has 98 valence electrons. The van der Waals surface area contributed by atoms with Gasteiger partial charge in [-0.2, -0.15) is 0 Å². The van der Waals surface area contributed by atoms with Gasteiger partial charge in [0.15, 0.2) is 6.54 Å². The van der Waals surface area contributed by atoms with Gasteiger partial charge in [-0.25, -0.2) is 0 Å². The average molecular weight is 243 g/mol. The van der Waals surface area contributed by atoms with Crippen LogP contribution in [0.25, 0.3) is 0 Å². The molecule has 5 heteroatoms. The molecule has 0 unspecified atom stereocenters. The zero-order valence-electron chi connectivity index (χ0n) is 10.3. The van der Waals surface area contributed by atoms with E-state index in [1.54, 1.807) is 0 Å². The van der Waals surface area contributed by atoms with E-state index in [1.807, 2.05) is 5.32 Å². The van der Waals surface area contributed by atoms with Gasteiger partial charge in [0.25, 0.3) is 5.91 Å². The smallest absolute Gasteiger partial charge is 0.275 e. The highest BCUT2D eigenvalue weighted by Crippen LogP contribution is 2.10. The Labute approximate surface area is 102 Å². The molecule has 2 atom stereocenters. The van der Waals surface area contributed by atoms with Crippen LogP contribution >= 0.6 is 0 Å². The molecule has 2 heterocycles. The van der Waals surface area contributed by atoms with Gasteiger partial charge in [-0.1, -0.05) is 0 Å². The zero-order valence-corrected chi connectivity index (χ0v) is 10.3. The van der Waals surface area contributed by atoms with Crippen molar-refractivity contribution in [2.75, 3.05) is 32.8 Å². The second kappa shape index (κ2) is 6.93. The third kappa shape index (κ3) is 4.61. The van der Waals surface area contributed by atoms with Gasteiger partial charge in [-0.15, -0.1) is 0 Å².